The third-order valence-electron chi connectivity index (χ3n) is 2.81. The monoisotopic (exact) mass is 270 g/mol. The third kappa shape index (κ3) is 3.92. The predicted octanol–water partition coefficient (Wildman–Crippen LogP) is 2.90. The van der Waals surface area contributed by atoms with Gasteiger partial charge in [0.2, 0.25) is 0 Å². The molecule has 0 saturated heterocycles. The second-order valence-corrected chi connectivity index (χ2v) is 4.72. The number of halogens is 1. The largest absolute Gasteiger partial charge is 0.308 e. The summed E-state index contributed by atoms with van der Waals surface area (Å²) in [6, 6.07) is 4.58. The van der Waals surface area contributed by atoms with Crippen molar-refractivity contribution in [3.05, 3.63) is 29.6 Å². The molecular formula is C12H19BrN2. The predicted molar refractivity (Wildman–Crippen MR) is 68.2 cm³/mol. The van der Waals surface area contributed by atoms with Crippen molar-refractivity contribution in [3.63, 3.8) is 0 Å². The molecule has 3 heteroatoms. The number of rotatable bonds is 5. The van der Waals surface area contributed by atoms with Crippen LogP contribution in [0, 0.1) is 12.8 Å². The van der Waals surface area contributed by atoms with Gasteiger partial charge in [0.25, 0.3) is 0 Å². The number of nitrogens with zero attached hydrogens (tertiary/aromatic N) is 1. The summed E-state index contributed by atoms with van der Waals surface area (Å²) in [5.41, 5.74) is 2.40. The van der Waals surface area contributed by atoms with E-state index in [9.17, 15) is 0 Å². The quantitative estimate of drug-likeness (QED) is 0.833. The fourth-order valence-electron chi connectivity index (χ4n) is 1.30. The van der Waals surface area contributed by atoms with Gasteiger partial charge in [0.1, 0.15) is 0 Å². The minimum absolute atomic E-state index is 0.505. The molecule has 0 radical (unpaired) electrons. The molecule has 0 fully saturated rings. The van der Waals surface area contributed by atoms with Crippen molar-refractivity contribution in [3.8, 4) is 0 Å². The molecule has 2 atom stereocenters. The molecule has 1 heterocycles. The Morgan fingerprint density at radius 1 is 1.47 bits per heavy atom. The highest BCUT2D eigenvalue weighted by Crippen LogP contribution is 2.08. The Hall–Kier alpha value is -0.410. The van der Waals surface area contributed by atoms with Gasteiger partial charge in [0.05, 0.1) is 5.69 Å². The van der Waals surface area contributed by atoms with Gasteiger partial charge in [-0.1, -0.05) is 28.9 Å². The van der Waals surface area contributed by atoms with Gasteiger partial charge in [0, 0.05) is 24.1 Å². The Kier molecular flexibility index (Phi) is 5.26. The molecular weight excluding hydrogens is 252 g/mol. The van der Waals surface area contributed by atoms with Crippen LogP contribution < -0.4 is 5.32 Å². The van der Waals surface area contributed by atoms with Crippen LogP contribution in [0.1, 0.15) is 25.1 Å². The van der Waals surface area contributed by atoms with Crippen molar-refractivity contribution in [2.24, 2.45) is 5.92 Å². The van der Waals surface area contributed by atoms with E-state index in [1.165, 1.54) is 5.56 Å². The number of pyridine rings is 1. The molecule has 0 bridgehead atoms. The normalized spacial score (nSPS) is 14.9. The third-order valence-corrected chi connectivity index (χ3v) is 3.83. The molecule has 0 saturated carbocycles. The number of hydrogen-bond acceptors (Lipinski definition) is 2. The van der Waals surface area contributed by atoms with E-state index in [1.54, 1.807) is 0 Å². The summed E-state index contributed by atoms with van der Waals surface area (Å²) < 4.78 is 0. The van der Waals surface area contributed by atoms with Crippen LogP contribution in [0.3, 0.4) is 0 Å². The van der Waals surface area contributed by atoms with Crippen LogP contribution in [0.5, 0.6) is 0 Å². The molecule has 0 aliphatic carbocycles. The van der Waals surface area contributed by atoms with Crippen molar-refractivity contribution < 1.29 is 0 Å². The molecule has 0 aromatic carbocycles. The fourth-order valence-corrected chi connectivity index (χ4v) is 1.86. The summed E-state index contributed by atoms with van der Waals surface area (Å²) in [6.07, 6.45) is 1.85. The van der Waals surface area contributed by atoms with Crippen LogP contribution in [0.15, 0.2) is 18.3 Å². The molecule has 0 amide bonds. The number of nitrogens with one attached hydrogen (secondary N) is 1. The summed E-state index contributed by atoms with van der Waals surface area (Å²) in [5, 5.41) is 4.53. The van der Waals surface area contributed by atoms with E-state index in [2.05, 4.69) is 53.1 Å². The van der Waals surface area contributed by atoms with Gasteiger partial charge in [-0.05, 0) is 31.4 Å². The SMILES string of the molecule is Cc1cccnc1CNC(C)C(C)CBr. The van der Waals surface area contributed by atoms with Gasteiger partial charge in [-0.3, -0.25) is 4.98 Å². The van der Waals surface area contributed by atoms with Crippen LogP contribution in [0.25, 0.3) is 0 Å². The van der Waals surface area contributed by atoms with Crippen molar-refractivity contribution in [2.75, 3.05) is 5.33 Å². The standard InChI is InChI=1S/C12H19BrN2/c1-9-5-4-6-14-12(9)8-15-11(3)10(2)7-13/h4-6,10-11,15H,7-8H2,1-3H3. The maximum Gasteiger partial charge on any atom is 0.0570 e. The number of aromatic nitrogens is 1. The summed E-state index contributed by atoms with van der Waals surface area (Å²) in [7, 11) is 0. The molecule has 84 valence electrons. The lowest BCUT2D eigenvalue weighted by molar-refractivity contribution is 0.430. The average molecular weight is 271 g/mol. The lowest BCUT2D eigenvalue weighted by Crippen LogP contribution is -2.32. The topological polar surface area (TPSA) is 24.9 Å². The molecule has 1 rings (SSSR count). The van der Waals surface area contributed by atoms with E-state index in [-0.39, 0.29) is 0 Å². The molecule has 0 aliphatic heterocycles. The maximum absolute atomic E-state index is 4.36. The van der Waals surface area contributed by atoms with Gasteiger partial charge >= 0.3 is 0 Å². The Morgan fingerprint density at radius 3 is 2.80 bits per heavy atom. The first-order valence-corrected chi connectivity index (χ1v) is 6.47. The number of aryl methyl sites for hydroxylation is 1. The lowest BCUT2D eigenvalue weighted by Gasteiger charge is -2.19. The Bertz CT molecular complexity index is 301. The van der Waals surface area contributed by atoms with Crippen molar-refractivity contribution in [1.82, 2.24) is 10.3 Å². The van der Waals surface area contributed by atoms with Gasteiger partial charge in [0.15, 0.2) is 0 Å². The highest BCUT2D eigenvalue weighted by molar-refractivity contribution is 9.09. The molecule has 0 spiro atoms. The van der Waals surface area contributed by atoms with E-state index in [0.717, 1.165) is 17.6 Å². The van der Waals surface area contributed by atoms with E-state index in [4.69, 9.17) is 0 Å². The number of hydrogen-bond donors (Lipinski definition) is 1. The molecule has 1 aromatic rings. The highest BCUT2D eigenvalue weighted by Gasteiger charge is 2.10. The molecule has 2 nitrogen and oxygen atoms in total. The first kappa shape index (κ1) is 12.7. The molecule has 1 N–H and O–H groups in total. The van der Waals surface area contributed by atoms with Crippen LogP contribution in [-0.2, 0) is 6.54 Å². The minimum Gasteiger partial charge on any atom is -0.308 e. The molecule has 1 aromatic heterocycles. The summed E-state index contributed by atoms with van der Waals surface area (Å²) >= 11 is 3.50. The molecule has 15 heavy (non-hydrogen) atoms. The van der Waals surface area contributed by atoms with Crippen LogP contribution >= 0.6 is 15.9 Å². The lowest BCUT2D eigenvalue weighted by atomic mass is 10.1. The van der Waals surface area contributed by atoms with Gasteiger partial charge in [-0.2, -0.15) is 0 Å². The van der Waals surface area contributed by atoms with Crippen LogP contribution in [0.4, 0.5) is 0 Å². The Balaban J connectivity index is 2.47. The van der Waals surface area contributed by atoms with E-state index < -0.39 is 0 Å². The van der Waals surface area contributed by atoms with Gasteiger partial charge in [-0.25, -0.2) is 0 Å². The van der Waals surface area contributed by atoms with Crippen molar-refractivity contribution >= 4 is 15.9 Å². The zero-order chi connectivity index (χ0) is 11.3. The van der Waals surface area contributed by atoms with E-state index >= 15 is 0 Å². The van der Waals surface area contributed by atoms with E-state index in [0.29, 0.717) is 12.0 Å². The zero-order valence-corrected chi connectivity index (χ0v) is 11.2. The maximum atomic E-state index is 4.36. The summed E-state index contributed by atoms with van der Waals surface area (Å²) in [5.74, 6) is 0.633. The zero-order valence-electron chi connectivity index (χ0n) is 9.63. The highest BCUT2D eigenvalue weighted by atomic mass is 79.9. The van der Waals surface area contributed by atoms with Crippen LogP contribution in [-0.4, -0.2) is 16.4 Å². The summed E-state index contributed by atoms with van der Waals surface area (Å²) in [4.78, 5) is 4.36. The molecule has 0 aliphatic rings. The number of alkyl halides is 1. The Labute approximate surface area is 101 Å². The van der Waals surface area contributed by atoms with E-state index in [1.807, 2.05) is 12.3 Å². The van der Waals surface area contributed by atoms with Crippen LogP contribution in [0.2, 0.25) is 0 Å². The first-order chi connectivity index (χ1) is 7.15. The first-order valence-electron chi connectivity index (χ1n) is 5.35. The Morgan fingerprint density at radius 2 is 2.20 bits per heavy atom. The smallest absolute Gasteiger partial charge is 0.0570 e. The summed E-state index contributed by atoms with van der Waals surface area (Å²) in [6.45, 7) is 7.40. The van der Waals surface area contributed by atoms with Crippen molar-refractivity contribution in [1.29, 1.82) is 0 Å². The van der Waals surface area contributed by atoms with Gasteiger partial charge in [-0.15, -0.1) is 0 Å². The second-order valence-electron chi connectivity index (χ2n) is 4.07. The fraction of sp³-hybridized carbons (Fsp3) is 0.583. The average Bonchev–Trinajstić information content (AvgIpc) is 2.26. The minimum atomic E-state index is 0.505. The molecule has 2 unspecified atom stereocenters. The van der Waals surface area contributed by atoms with Crippen molar-refractivity contribution in [2.45, 2.75) is 33.4 Å². The second kappa shape index (κ2) is 6.23. The van der Waals surface area contributed by atoms with Gasteiger partial charge < -0.3 is 5.32 Å².